The second kappa shape index (κ2) is 12.9. The van der Waals surface area contributed by atoms with E-state index >= 15 is 0 Å². The van der Waals surface area contributed by atoms with Crippen LogP contribution in [0.3, 0.4) is 0 Å². The highest BCUT2D eigenvalue weighted by Gasteiger charge is 2.11. The molecule has 0 bridgehead atoms. The number of nitrogen functional groups attached to an aromatic ring is 1. The molecule has 9 heteroatoms. The Hall–Kier alpha value is -3.45. The van der Waals surface area contributed by atoms with E-state index in [9.17, 15) is 4.79 Å². The number of rotatable bonds is 6. The number of aryl methyl sites for hydroxylation is 2. The van der Waals surface area contributed by atoms with E-state index in [1.54, 1.807) is 24.3 Å². The van der Waals surface area contributed by atoms with Gasteiger partial charge in [-0.05, 0) is 48.5 Å². The van der Waals surface area contributed by atoms with Crippen molar-refractivity contribution >= 4 is 50.9 Å². The molecule has 0 aliphatic heterocycles. The van der Waals surface area contributed by atoms with Crippen molar-refractivity contribution in [1.82, 2.24) is 0 Å². The van der Waals surface area contributed by atoms with Gasteiger partial charge in [-0.15, -0.1) is 0 Å². The maximum Gasteiger partial charge on any atom is 0.255 e. The summed E-state index contributed by atoms with van der Waals surface area (Å²) in [5, 5.41) is 10.8. The summed E-state index contributed by atoms with van der Waals surface area (Å²) in [5.41, 5.74) is 12.7. The minimum Gasteiger partial charge on any atom is -1.00 e. The number of nitrogens with one attached hydrogen (secondary N) is 3. The number of hydrogen-bond acceptors (Lipinski definition) is 4. The standard InChI is InChI=1S/C29H26N6O.2HI/c1-34-16-13-22(14-17-34)31-23-11-12-27(25(30)19-23)33-29(36)20-7-9-21(10-8-20)32-26-15-18-35(2)28-6-4-3-5-24(26)28;;/h3-19H,30H2,1-2H3,(H,33,36);2*1H. The van der Waals surface area contributed by atoms with Gasteiger partial charge in [0.1, 0.15) is 14.1 Å². The topological polar surface area (TPSA) is 86.9 Å². The summed E-state index contributed by atoms with van der Waals surface area (Å²) in [7, 11) is 3.99. The molecule has 38 heavy (non-hydrogen) atoms. The van der Waals surface area contributed by atoms with Gasteiger partial charge in [-0.3, -0.25) is 4.79 Å². The van der Waals surface area contributed by atoms with E-state index in [0.29, 0.717) is 16.9 Å². The number of hydrogen-bond donors (Lipinski definition) is 4. The Morgan fingerprint density at radius 3 is 2.08 bits per heavy atom. The van der Waals surface area contributed by atoms with E-state index in [1.807, 2.05) is 85.8 Å². The van der Waals surface area contributed by atoms with Gasteiger partial charge in [0.05, 0.1) is 28.1 Å². The van der Waals surface area contributed by atoms with Crippen LogP contribution in [0.2, 0.25) is 0 Å². The second-order valence-electron chi connectivity index (χ2n) is 8.69. The third-order valence-electron chi connectivity index (χ3n) is 6.03. The van der Waals surface area contributed by atoms with Crippen LogP contribution < -0.4 is 78.8 Å². The fourth-order valence-corrected chi connectivity index (χ4v) is 4.03. The predicted molar refractivity (Wildman–Crippen MR) is 145 cm³/mol. The van der Waals surface area contributed by atoms with Crippen LogP contribution in [0.5, 0.6) is 0 Å². The lowest BCUT2D eigenvalue weighted by molar-refractivity contribution is -0.671. The van der Waals surface area contributed by atoms with Gasteiger partial charge in [0.15, 0.2) is 18.6 Å². The first kappa shape index (κ1) is 29.1. The van der Waals surface area contributed by atoms with E-state index in [-0.39, 0.29) is 53.9 Å². The van der Waals surface area contributed by atoms with E-state index in [4.69, 9.17) is 5.73 Å². The monoisotopic (exact) mass is 730 g/mol. The zero-order chi connectivity index (χ0) is 25.1. The molecule has 1 amide bonds. The van der Waals surface area contributed by atoms with Crippen LogP contribution in [0.25, 0.3) is 10.9 Å². The first-order valence-corrected chi connectivity index (χ1v) is 11.6. The maximum atomic E-state index is 12.8. The number of anilines is 6. The largest absolute Gasteiger partial charge is 1.00 e. The SMILES string of the molecule is C[n+]1ccc(Nc2ccc(NC(=O)c3ccc(Nc4cc[n+](C)c5ccccc45)cc3)c(N)c2)cc1.[I-].[I-]. The molecule has 5 N–H and O–H groups in total. The van der Waals surface area contributed by atoms with Gasteiger partial charge in [-0.25, -0.2) is 9.13 Å². The van der Waals surface area contributed by atoms with Crippen LogP contribution in [0.15, 0.2) is 104 Å². The Kier molecular flexibility index (Phi) is 9.86. The quantitative estimate of drug-likeness (QED) is 0.101. The third kappa shape index (κ3) is 6.70. The Labute approximate surface area is 256 Å². The van der Waals surface area contributed by atoms with Crippen molar-refractivity contribution in [2.75, 3.05) is 21.7 Å². The highest BCUT2D eigenvalue weighted by molar-refractivity contribution is 6.06. The van der Waals surface area contributed by atoms with Crippen molar-refractivity contribution in [3.05, 3.63) is 109 Å². The summed E-state index contributed by atoms with van der Waals surface area (Å²) in [4.78, 5) is 12.8. The maximum absolute atomic E-state index is 12.8. The Bertz CT molecular complexity index is 1560. The van der Waals surface area contributed by atoms with Crippen LogP contribution in [-0.4, -0.2) is 5.91 Å². The zero-order valence-corrected chi connectivity index (χ0v) is 25.3. The smallest absolute Gasteiger partial charge is 0.255 e. The number of aromatic nitrogens is 2. The van der Waals surface area contributed by atoms with Gasteiger partial charge in [-0.2, -0.15) is 0 Å². The molecular weight excluding hydrogens is 702 g/mol. The Morgan fingerprint density at radius 1 is 0.711 bits per heavy atom. The molecule has 0 aliphatic rings. The summed E-state index contributed by atoms with van der Waals surface area (Å²) in [6, 6.07) is 27.1. The van der Waals surface area contributed by atoms with Crippen molar-refractivity contribution in [2.45, 2.75) is 0 Å². The predicted octanol–water partition coefficient (Wildman–Crippen LogP) is -1.18. The number of carbonyl (C=O) groups is 1. The summed E-state index contributed by atoms with van der Waals surface area (Å²) in [5.74, 6) is -0.221. The van der Waals surface area contributed by atoms with Gasteiger partial charge < -0.3 is 69.6 Å². The summed E-state index contributed by atoms with van der Waals surface area (Å²) in [6.45, 7) is 0. The van der Waals surface area contributed by atoms with E-state index in [2.05, 4.69) is 32.7 Å². The molecule has 3 aromatic carbocycles. The molecule has 0 saturated heterocycles. The van der Waals surface area contributed by atoms with Crippen molar-refractivity contribution in [3.8, 4) is 0 Å². The van der Waals surface area contributed by atoms with E-state index in [0.717, 1.165) is 33.7 Å². The van der Waals surface area contributed by atoms with Crippen LogP contribution >= 0.6 is 0 Å². The molecule has 2 heterocycles. The Morgan fingerprint density at radius 2 is 1.37 bits per heavy atom. The molecule has 2 aromatic heterocycles. The number of para-hydroxylation sites is 1. The lowest BCUT2D eigenvalue weighted by Crippen LogP contribution is -3.00. The lowest BCUT2D eigenvalue weighted by atomic mass is 10.1. The highest BCUT2D eigenvalue weighted by atomic mass is 127. The minimum atomic E-state index is -0.221. The summed E-state index contributed by atoms with van der Waals surface area (Å²) < 4.78 is 4.05. The minimum absolute atomic E-state index is 0. The van der Waals surface area contributed by atoms with Crippen molar-refractivity contribution in [1.29, 1.82) is 0 Å². The Balaban J connectivity index is 0.00000200. The molecule has 0 atom stereocenters. The second-order valence-corrected chi connectivity index (χ2v) is 8.69. The molecule has 0 spiro atoms. The average molecular weight is 730 g/mol. The van der Waals surface area contributed by atoms with Crippen LogP contribution in [0.4, 0.5) is 34.1 Å². The van der Waals surface area contributed by atoms with Crippen LogP contribution in [0.1, 0.15) is 10.4 Å². The highest BCUT2D eigenvalue weighted by Crippen LogP contribution is 2.27. The van der Waals surface area contributed by atoms with Gasteiger partial charge in [0, 0.05) is 41.2 Å². The van der Waals surface area contributed by atoms with Gasteiger partial charge in [-0.1, -0.05) is 12.1 Å². The van der Waals surface area contributed by atoms with Crippen molar-refractivity contribution in [3.63, 3.8) is 0 Å². The normalized spacial score (nSPS) is 10.2. The summed E-state index contributed by atoms with van der Waals surface area (Å²) >= 11 is 0. The molecule has 0 unspecified atom stereocenters. The molecule has 0 saturated carbocycles. The number of carbonyl (C=O) groups excluding carboxylic acids is 1. The number of benzene rings is 3. The van der Waals surface area contributed by atoms with E-state index < -0.39 is 0 Å². The fraction of sp³-hybridized carbons (Fsp3) is 0.0690. The van der Waals surface area contributed by atoms with Gasteiger partial charge in [0.2, 0.25) is 5.52 Å². The number of fused-ring (bicyclic) bond motifs is 1. The zero-order valence-electron chi connectivity index (χ0n) is 21.0. The molecule has 7 nitrogen and oxygen atoms in total. The molecule has 0 radical (unpaired) electrons. The number of pyridine rings is 2. The first-order valence-electron chi connectivity index (χ1n) is 11.6. The molecular formula is C29H28I2N6O. The number of amides is 1. The van der Waals surface area contributed by atoms with Crippen LogP contribution in [-0.2, 0) is 14.1 Å². The molecule has 0 fully saturated rings. The third-order valence-corrected chi connectivity index (χ3v) is 6.03. The first-order chi connectivity index (χ1) is 17.5. The number of nitrogens with two attached hydrogens (primary N) is 1. The number of nitrogens with zero attached hydrogens (tertiary/aromatic N) is 2. The number of halogens is 2. The summed E-state index contributed by atoms with van der Waals surface area (Å²) in [6.07, 6.45) is 5.95. The van der Waals surface area contributed by atoms with Crippen molar-refractivity contribution < 1.29 is 61.9 Å². The van der Waals surface area contributed by atoms with E-state index in [1.165, 1.54) is 0 Å². The molecule has 5 rings (SSSR count). The van der Waals surface area contributed by atoms with Crippen LogP contribution in [0, 0.1) is 0 Å². The average Bonchev–Trinajstić information content (AvgIpc) is 2.89. The van der Waals surface area contributed by atoms with Crippen molar-refractivity contribution in [2.24, 2.45) is 14.1 Å². The lowest BCUT2D eigenvalue weighted by Gasteiger charge is -2.12. The van der Waals surface area contributed by atoms with Gasteiger partial charge >= 0.3 is 0 Å². The molecule has 194 valence electrons. The van der Waals surface area contributed by atoms with Gasteiger partial charge in [0.25, 0.3) is 5.91 Å². The molecule has 0 aliphatic carbocycles. The molecule has 5 aromatic rings. The fourth-order valence-electron chi connectivity index (χ4n) is 4.03.